The highest BCUT2D eigenvalue weighted by Gasteiger charge is 2.45. The summed E-state index contributed by atoms with van der Waals surface area (Å²) in [7, 11) is 0. The zero-order valence-electron chi connectivity index (χ0n) is 14.7. The minimum atomic E-state index is -1.61. The van der Waals surface area contributed by atoms with Crippen LogP contribution in [0.2, 0.25) is 0 Å². The van der Waals surface area contributed by atoms with Crippen molar-refractivity contribution in [2.24, 2.45) is 11.8 Å². The van der Waals surface area contributed by atoms with E-state index in [0.717, 1.165) is 25.1 Å². The van der Waals surface area contributed by atoms with Crippen molar-refractivity contribution in [3.05, 3.63) is 11.6 Å². The molecule has 6 nitrogen and oxygen atoms in total. The highest BCUT2D eigenvalue weighted by atomic mass is 16.6. The van der Waals surface area contributed by atoms with Crippen molar-refractivity contribution in [1.29, 1.82) is 0 Å². The largest absolute Gasteiger partial charge is 0.460 e. The van der Waals surface area contributed by atoms with Crippen molar-refractivity contribution in [3.63, 3.8) is 0 Å². The van der Waals surface area contributed by atoms with Crippen LogP contribution in [0.25, 0.3) is 0 Å². The number of cyclic esters (lactones) is 1. The molecule has 6 heteroatoms. The van der Waals surface area contributed by atoms with E-state index >= 15 is 0 Å². The third-order valence-corrected chi connectivity index (χ3v) is 5.89. The average molecular weight is 337 g/mol. The van der Waals surface area contributed by atoms with Gasteiger partial charge in [0.05, 0.1) is 12.0 Å². The van der Waals surface area contributed by atoms with Gasteiger partial charge in [-0.3, -0.25) is 9.69 Å². The Hall–Kier alpha value is -1.40. The number of carbonyl (C=O) groups excluding carboxylic acids is 2. The second kappa shape index (κ2) is 6.48. The molecule has 2 saturated heterocycles. The number of aliphatic hydroxyl groups is 1. The van der Waals surface area contributed by atoms with Crippen molar-refractivity contribution < 1.29 is 24.2 Å². The Bertz CT molecular complexity index is 556. The number of hydrogen-bond donors (Lipinski definition) is 1. The first-order valence-corrected chi connectivity index (χ1v) is 8.87. The van der Waals surface area contributed by atoms with Crippen LogP contribution < -0.4 is 0 Å². The summed E-state index contributed by atoms with van der Waals surface area (Å²) < 4.78 is 11.2. The lowest BCUT2D eigenvalue weighted by Crippen LogP contribution is -2.46. The lowest BCUT2D eigenvalue weighted by atomic mass is 9.82. The number of nitrogens with zero attached hydrogens (tertiary/aromatic N) is 1. The van der Waals surface area contributed by atoms with E-state index in [-0.39, 0.29) is 30.6 Å². The Balaban J connectivity index is 1.88. The van der Waals surface area contributed by atoms with Crippen LogP contribution in [0.4, 0.5) is 0 Å². The monoisotopic (exact) mass is 337 g/mol. The summed E-state index contributed by atoms with van der Waals surface area (Å²) >= 11 is 0. The van der Waals surface area contributed by atoms with Crippen LogP contribution in [0.5, 0.6) is 0 Å². The first-order valence-electron chi connectivity index (χ1n) is 8.87. The Morgan fingerprint density at radius 1 is 1.42 bits per heavy atom. The zero-order chi connectivity index (χ0) is 17.5. The van der Waals surface area contributed by atoms with E-state index in [1.54, 1.807) is 6.92 Å². The van der Waals surface area contributed by atoms with Gasteiger partial charge in [-0.2, -0.15) is 0 Å². The van der Waals surface area contributed by atoms with Gasteiger partial charge in [0.15, 0.2) is 5.60 Å². The lowest BCUT2D eigenvalue weighted by Gasteiger charge is -2.32. The minimum Gasteiger partial charge on any atom is -0.460 e. The first kappa shape index (κ1) is 17.4. The van der Waals surface area contributed by atoms with Crippen LogP contribution in [0.1, 0.15) is 40.0 Å². The van der Waals surface area contributed by atoms with Gasteiger partial charge in [0.25, 0.3) is 0 Å². The molecule has 0 radical (unpaired) electrons. The fraction of sp³-hybridized carbons (Fsp3) is 0.778. The predicted octanol–water partition coefficient (Wildman–Crippen LogP) is 1.27. The second-order valence-corrected chi connectivity index (χ2v) is 7.45. The highest BCUT2D eigenvalue weighted by Crippen LogP contribution is 2.34. The summed E-state index contributed by atoms with van der Waals surface area (Å²) in [5.41, 5.74) is -0.642. The van der Waals surface area contributed by atoms with Gasteiger partial charge in [-0.1, -0.05) is 19.9 Å². The number of esters is 2. The van der Waals surface area contributed by atoms with Gasteiger partial charge >= 0.3 is 11.9 Å². The third kappa shape index (κ3) is 2.97. The van der Waals surface area contributed by atoms with Gasteiger partial charge in [0.1, 0.15) is 12.7 Å². The molecule has 3 aliphatic rings. The van der Waals surface area contributed by atoms with E-state index in [9.17, 15) is 14.7 Å². The first-order chi connectivity index (χ1) is 11.3. The maximum atomic E-state index is 12.6. The average Bonchev–Trinajstić information content (AvgIpc) is 3.12. The van der Waals surface area contributed by atoms with Crippen LogP contribution in [-0.4, -0.2) is 59.4 Å². The van der Waals surface area contributed by atoms with Crippen molar-refractivity contribution in [2.75, 3.05) is 19.7 Å². The highest BCUT2D eigenvalue weighted by molar-refractivity contribution is 5.79. The molecule has 0 spiro atoms. The van der Waals surface area contributed by atoms with E-state index in [0.29, 0.717) is 12.8 Å². The number of rotatable bonds is 1. The number of hydrogen-bond acceptors (Lipinski definition) is 6. The molecular formula is C18H27NO5. The molecule has 0 amide bonds. The van der Waals surface area contributed by atoms with E-state index in [1.165, 1.54) is 6.92 Å². The maximum Gasteiger partial charge on any atom is 0.338 e. The van der Waals surface area contributed by atoms with Gasteiger partial charge in [-0.25, -0.2) is 4.79 Å². The van der Waals surface area contributed by atoms with Gasteiger partial charge in [0.2, 0.25) is 0 Å². The normalized spacial score (nSPS) is 40.9. The Kier molecular flexibility index (Phi) is 4.71. The van der Waals surface area contributed by atoms with Crippen LogP contribution in [0.15, 0.2) is 11.6 Å². The van der Waals surface area contributed by atoms with Crippen molar-refractivity contribution in [2.45, 2.75) is 57.8 Å². The Morgan fingerprint density at radius 3 is 2.88 bits per heavy atom. The molecule has 0 aromatic rings. The molecule has 0 unspecified atom stereocenters. The summed E-state index contributed by atoms with van der Waals surface area (Å²) in [5, 5.41) is 10.6. The molecule has 0 bridgehead atoms. The molecule has 24 heavy (non-hydrogen) atoms. The maximum absolute atomic E-state index is 12.6. The quantitative estimate of drug-likeness (QED) is 0.574. The van der Waals surface area contributed by atoms with Crippen LogP contribution in [-0.2, 0) is 19.1 Å². The summed E-state index contributed by atoms with van der Waals surface area (Å²) in [6, 6.07) is 0.000977. The van der Waals surface area contributed by atoms with Gasteiger partial charge < -0.3 is 14.6 Å². The van der Waals surface area contributed by atoms with Gasteiger partial charge in [-0.05, 0) is 37.7 Å². The van der Waals surface area contributed by atoms with Crippen molar-refractivity contribution in [1.82, 2.24) is 4.90 Å². The molecule has 134 valence electrons. The Morgan fingerprint density at radius 2 is 2.17 bits per heavy atom. The van der Waals surface area contributed by atoms with E-state index < -0.39 is 17.5 Å². The standard InChI is InChI=1S/C18H27NO5/c1-4-12-9-11(2)18(3,22)17(21)23-10-13-5-7-19-8-6-14(15(13)19)24-16(12)20/h5,11-12,14-15,22H,4,6-10H2,1-3H3/t11-,12-,14+,15+,18-/m0/s1. The van der Waals surface area contributed by atoms with Crippen LogP contribution in [0.3, 0.4) is 0 Å². The van der Waals surface area contributed by atoms with Gasteiger partial charge in [-0.15, -0.1) is 0 Å². The molecule has 1 N–H and O–H groups in total. The molecule has 0 aromatic carbocycles. The molecular weight excluding hydrogens is 310 g/mol. The van der Waals surface area contributed by atoms with E-state index in [4.69, 9.17) is 9.47 Å². The van der Waals surface area contributed by atoms with Crippen LogP contribution in [0, 0.1) is 11.8 Å². The molecule has 2 fully saturated rings. The molecule has 3 heterocycles. The summed E-state index contributed by atoms with van der Waals surface area (Å²) in [4.78, 5) is 27.2. The molecule has 3 aliphatic heterocycles. The van der Waals surface area contributed by atoms with E-state index in [1.807, 2.05) is 13.0 Å². The SMILES string of the molecule is CC[C@H]1C[C@H](C)[C@](C)(O)C(=O)OCC2=CCN3CC[C@@H](OC1=O)[C@@H]23. The fourth-order valence-corrected chi connectivity index (χ4v) is 3.95. The second-order valence-electron chi connectivity index (χ2n) is 7.45. The number of carbonyl (C=O) groups is 2. The van der Waals surface area contributed by atoms with Crippen molar-refractivity contribution >= 4 is 11.9 Å². The molecule has 0 saturated carbocycles. The Labute approximate surface area is 142 Å². The summed E-state index contributed by atoms with van der Waals surface area (Å²) in [5.74, 6) is -1.54. The fourth-order valence-electron chi connectivity index (χ4n) is 3.95. The smallest absolute Gasteiger partial charge is 0.338 e. The predicted molar refractivity (Wildman–Crippen MR) is 87.1 cm³/mol. The minimum absolute atomic E-state index is 0.000977. The lowest BCUT2D eigenvalue weighted by molar-refractivity contribution is -0.171. The summed E-state index contributed by atoms with van der Waals surface area (Å²) in [6.45, 7) is 6.99. The van der Waals surface area contributed by atoms with Crippen LogP contribution >= 0.6 is 0 Å². The zero-order valence-corrected chi connectivity index (χ0v) is 14.7. The van der Waals surface area contributed by atoms with Crippen molar-refractivity contribution in [3.8, 4) is 0 Å². The molecule has 3 rings (SSSR count). The number of ether oxygens (including phenoxy) is 2. The molecule has 0 aromatic heterocycles. The topological polar surface area (TPSA) is 76.1 Å². The van der Waals surface area contributed by atoms with Gasteiger partial charge in [0, 0.05) is 13.1 Å². The summed E-state index contributed by atoms with van der Waals surface area (Å²) in [6.07, 6.45) is 3.71. The van der Waals surface area contributed by atoms with E-state index in [2.05, 4.69) is 4.90 Å². The molecule has 0 aliphatic carbocycles. The third-order valence-electron chi connectivity index (χ3n) is 5.89. The molecule has 5 atom stereocenters.